The average molecular weight is 572 g/mol. The molecule has 0 saturated carbocycles. The first kappa shape index (κ1) is 30.1. The monoisotopic (exact) mass is 571 g/mol. The summed E-state index contributed by atoms with van der Waals surface area (Å²) in [7, 11) is -1.97. The highest BCUT2D eigenvalue weighted by Gasteiger charge is 2.26. The van der Waals surface area contributed by atoms with Gasteiger partial charge in [0.1, 0.15) is 11.8 Å². The Hall–Kier alpha value is -3.40. The van der Waals surface area contributed by atoms with Gasteiger partial charge in [0, 0.05) is 31.1 Å². The second kappa shape index (κ2) is 14.1. The molecule has 1 atom stereocenters. The van der Waals surface area contributed by atoms with E-state index >= 15 is 0 Å². The van der Waals surface area contributed by atoms with Crippen molar-refractivity contribution >= 4 is 33.4 Å². The topological polar surface area (TPSA) is 105 Å². The number of amides is 2. The van der Waals surface area contributed by atoms with Gasteiger partial charge in [-0.15, -0.1) is 0 Å². The van der Waals surface area contributed by atoms with Crippen LogP contribution in [0.2, 0.25) is 5.02 Å². The molecule has 3 aromatic carbocycles. The molecule has 0 aromatic heterocycles. The molecule has 0 aliphatic rings. The minimum absolute atomic E-state index is 0.150. The van der Waals surface area contributed by atoms with Crippen molar-refractivity contribution in [2.75, 3.05) is 13.7 Å². The minimum Gasteiger partial charge on any atom is -0.497 e. The number of hydrogen-bond acceptors (Lipinski definition) is 5. The second-order valence-corrected chi connectivity index (χ2v) is 11.2. The molecule has 0 saturated heterocycles. The first-order chi connectivity index (χ1) is 18.6. The smallest absolute Gasteiger partial charge is 0.242 e. The summed E-state index contributed by atoms with van der Waals surface area (Å²) in [5.41, 5.74) is 2.46. The Balaban J connectivity index is 1.72. The van der Waals surface area contributed by atoms with Crippen molar-refractivity contribution in [2.24, 2.45) is 0 Å². The molecule has 0 bridgehead atoms. The lowest BCUT2D eigenvalue weighted by Gasteiger charge is -2.29. The number of aryl methyl sites for hydroxylation is 1. The second-order valence-electron chi connectivity index (χ2n) is 9.00. The molecule has 3 aromatic rings. The fraction of sp³-hybridized carbons (Fsp3) is 0.310. The van der Waals surface area contributed by atoms with Crippen molar-refractivity contribution in [3.05, 3.63) is 94.5 Å². The molecule has 10 heteroatoms. The van der Waals surface area contributed by atoms with E-state index in [2.05, 4.69) is 10.0 Å². The molecule has 2 N–H and O–H groups in total. The van der Waals surface area contributed by atoms with Crippen molar-refractivity contribution in [2.45, 2.75) is 50.7 Å². The third kappa shape index (κ3) is 8.54. The number of sulfonamides is 1. The molecule has 0 aliphatic heterocycles. The zero-order valence-corrected chi connectivity index (χ0v) is 23.9. The van der Waals surface area contributed by atoms with E-state index in [1.807, 2.05) is 42.5 Å². The molecule has 0 spiro atoms. The van der Waals surface area contributed by atoms with E-state index < -0.39 is 16.1 Å². The quantitative estimate of drug-likeness (QED) is 0.318. The summed E-state index contributed by atoms with van der Waals surface area (Å²) in [5, 5.41) is 3.44. The average Bonchev–Trinajstić information content (AvgIpc) is 2.94. The standard InChI is InChI=1S/C29H34ClN3O5S/c1-4-32-39(36,37)26-16-11-22(12-17-26)13-18-28(34)33(20-23-9-14-25(38-3)15-10-23)21(2)29(35)31-19-24-7-5-6-8-27(24)30/h5-12,14-17,21,32H,4,13,18-20H2,1-3H3,(H,31,35)/t21-/m0/s1. The van der Waals surface area contributed by atoms with Gasteiger partial charge >= 0.3 is 0 Å². The van der Waals surface area contributed by atoms with Gasteiger partial charge in [-0.1, -0.05) is 61.0 Å². The number of nitrogens with one attached hydrogen (secondary N) is 2. The number of methoxy groups -OCH3 is 1. The Kier molecular flexibility index (Phi) is 10.9. The summed E-state index contributed by atoms with van der Waals surface area (Å²) < 4.78 is 32.1. The number of halogens is 1. The van der Waals surface area contributed by atoms with Gasteiger partial charge in [0.05, 0.1) is 12.0 Å². The maximum atomic E-state index is 13.4. The lowest BCUT2D eigenvalue weighted by molar-refractivity contribution is -0.140. The van der Waals surface area contributed by atoms with E-state index in [9.17, 15) is 18.0 Å². The number of rotatable bonds is 13. The van der Waals surface area contributed by atoms with Crippen LogP contribution in [0, 0.1) is 0 Å². The number of carbonyl (C=O) groups is 2. The maximum absolute atomic E-state index is 13.4. The van der Waals surface area contributed by atoms with Crippen LogP contribution < -0.4 is 14.8 Å². The van der Waals surface area contributed by atoms with Gasteiger partial charge in [-0.05, 0) is 60.4 Å². The Morgan fingerprint density at radius 2 is 1.62 bits per heavy atom. The zero-order valence-electron chi connectivity index (χ0n) is 22.3. The van der Waals surface area contributed by atoms with Crippen LogP contribution in [0.3, 0.4) is 0 Å². The fourth-order valence-corrected chi connectivity index (χ4v) is 5.23. The van der Waals surface area contributed by atoms with E-state index in [1.54, 1.807) is 44.1 Å². The van der Waals surface area contributed by atoms with E-state index in [1.165, 1.54) is 12.1 Å². The number of nitrogens with zero attached hydrogens (tertiary/aromatic N) is 1. The van der Waals surface area contributed by atoms with Crippen LogP contribution in [0.1, 0.15) is 37.0 Å². The van der Waals surface area contributed by atoms with Crippen molar-refractivity contribution < 1.29 is 22.7 Å². The highest BCUT2D eigenvalue weighted by molar-refractivity contribution is 7.89. The summed E-state index contributed by atoms with van der Waals surface area (Å²) in [6.45, 7) is 4.20. The Labute approximate surface area is 235 Å². The maximum Gasteiger partial charge on any atom is 0.242 e. The summed E-state index contributed by atoms with van der Waals surface area (Å²) in [5.74, 6) is 0.201. The molecule has 3 rings (SSSR count). The van der Waals surface area contributed by atoms with Crippen LogP contribution in [-0.2, 0) is 39.1 Å². The first-order valence-corrected chi connectivity index (χ1v) is 14.5. The van der Waals surface area contributed by atoms with Gasteiger partial charge in [-0.2, -0.15) is 0 Å². The zero-order chi connectivity index (χ0) is 28.4. The summed E-state index contributed by atoms with van der Waals surface area (Å²) in [6, 6.07) is 20.3. The van der Waals surface area contributed by atoms with E-state index in [-0.39, 0.29) is 36.2 Å². The fourth-order valence-electron chi connectivity index (χ4n) is 3.99. The van der Waals surface area contributed by atoms with Crippen LogP contribution in [0.25, 0.3) is 0 Å². The molecule has 208 valence electrons. The van der Waals surface area contributed by atoms with E-state index in [0.717, 1.165) is 16.7 Å². The molecule has 2 amide bonds. The summed E-state index contributed by atoms with van der Waals surface area (Å²) in [4.78, 5) is 28.2. The Morgan fingerprint density at radius 3 is 2.23 bits per heavy atom. The molecule has 0 unspecified atom stereocenters. The summed E-state index contributed by atoms with van der Waals surface area (Å²) >= 11 is 6.22. The van der Waals surface area contributed by atoms with Crippen LogP contribution in [-0.4, -0.2) is 44.8 Å². The normalized spacial score (nSPS) is 12.0. The molecular formula is C29H34ClN3O5S. The van der Waals surface area contributed by atoms with Gasteiger partial charge in [0.25, 0.3) is 0 Å². The lowest BCUT2D eigenvalue weighted by Crippen LogP contribution is -2.47. The van der Waals surface area contributed by atoms with Crippen LogP contribution >= 0.6 is 11.6 Å². The van der Waals surface area contributed by atoms with E-state index in [4.69, 9.17) is 16.3 Å². The van der Waals surface area contributed by atoms with Crippen LogP contribution in [0.15, 0.2) is 77.7 Å². The molecule has 0 heterocycles. The Morgan fingerprint density at radius 1 is 0.974 bits per heavy atom. The SMILES string of the molecule is CCNS(=O)(=O)c1ccc(CCC(=O)N(Cc2ccc(OC)cc2)[C@@H](C)C(=O)NCc2ccccc2Cl)cc1. The van der Waals surface area contributed by atoms with Crippen LogP contribution in [0.4, 0.5) is 0 Å². The summed E-state index contributed by atoms with van der Waals surface area (Å²) in [6.07, 6.45) is 0.547. The van der Waals surface area contributed by atoms with Crippen molar-refractivity contribution in [1.82, 2.24) is 14.9 Å². The molecule has 0 fully saturated rings. The number of benzene rings is 3. The van der Waals surface area contributed by atoms with Gasteiger partial charge in [-0.3, -0.25) is 9.59 Å². The molecular weight excluding hydrogens is 538 g/mol. The minimum atomic E-state index is -3.55. The van der Waals surface area contributed by atoms with Crippen LogP contribution in [0.5, 0.6) is 5.75 Å². The number of ether oxygens (including phenoxy) is 1. The van der Waals surface area contributed by atoms with E-state index in [0.29, 0.717) is 23.7 Å². The molecule has 8 nitrogen and oxygen atoms in total. The lowest BCUT2D eigenvalue weighted by atomic mass is 10.1. The third-order valence-corrected chi connectivity index (χ3v) is 8.22. The number of hydrogen-bond donors (Lipinski definition) is 2. The molecule has 0 radical (unpaired) electrons. The van der Waals surface area contributed by atoms with Gasteiger partial charge in [-0.25, -0.2) is 13.1 Å². The van der Waals surface area contributed by atoms with Gasteiger partial charge in [0.2, 0.25) is 21.8 Å². The van der Waals surface area contributed by atoms with Crippen molar-refractivity contribution in [3.63, 3.8) is 0 Å². The molecule has 39 heavy (non-hydrogen) atoms. The Bertz CT molecular complexity index is 1360. The molecule has 0 aliphatic carbocycles. The van der Waals surface area contributed by atoms with Crippen molar-refractivity contribution in [3.8, 4) is 5.75 Å². The highest BCUT2D eigenvalue weighted by Crippen LogP contribution is 2.18. The van der Waals surface area contributed by atoms with Gasteiger partial charge in [0.15, 0.2) is 0 Å². The highest BCUT2D eigenvalue weighted by atomic mass is 35.5. The first-order valence-electron chi connectivity index (χ1n) is 12.7. The number of carbonyl (C=O) groups excluding carboxylic acids is 2. The predicted octanol–water partition coefficient (Wildman–Crippen LogP) is 4.31. The van der Waals surface area contributed by atoms with Gasteiger partial charge < -0.3 is 15.0 Å². The third-order valence-electron chi connectivity index (χ3n) is 6.29. The predicted molar refractivity (Wildman–Crippen MR) is 152 cm³/mol. The van der Waals surface area contributed by atoms with Crippen molar-refractivity contribution in [1.29, 1.82) is 0 Å². The largest absolute Gasteiger partial charge is 0.497 e.